The van der Waals surface area contributed by atoms with Gasteiger partial charge < -0.3 is 4.84 Å². The molecule has 3 rings (SSSR count). The highest BCUT2D eigenvalue weighted by atomic mass is 19.1. The van der Waals surface area contributed by atoms with Gasteiger partial charge in [-0.1, -0.05) is 48.7 Å². The quantitative estimate of drug-likeness (QED) is 0.529. The van der Waals surface area contributed by atoms with Gasteiger partial charge in [-0.05, 0) is 42.0 Å². The Labute approximate surface area is 141 Å². The highest BCUT2D eigenvalue weighted by Gasteiger charge is 2.14. The zero-order valence-electron chi connectivity index (χ0n) is 13.5. The summed E-state index contributed by atoms with van der Waals surface area (Å²) in [5, 5.41) is 3.74. The Hall–Kier alpha value is -2.23. The van der Waals surface area contributed by atoms with Crippen LogP contribution in [-0.4, -0.2) is 6.21 Å². The van der Waals surface area contributed by atoms with Crippen LogP contribution in [0.3, 0.4) is 0 Å². The van der Waals surface area contributed by atoms with Gasteiger partial charge in [0.2, 0.25) is 0 Å². The summed E-state index contributed by atoms with van der Waals surface area (Å²) < 4.78 is 26.1. The zero-order chi connectivity index (χ0) is 16.8. The highest BCUT2D eigenvalue weighted by molar-refractivity contribution is 5.79. The molecule has 0 aromatic heterocycles. The second-order valence-electron chi connectivity index (χ2n) is 6.21. The number of hydrogen-bond donors (Lipinski definition) is 0. The summed E-state index contributed by atoms with van der Waals surface area (Å²) in [7, 11) is 0. The number of rotatable bonds is 5. The Kier molecular flexibility index (Phi) is 5.57. The summed E-state index contributed by atoms with van der Waals surface area (Å²) >= 11 is 0. The molecule has 0 bridgehead atoms. The first kappa shape index (κ1) is 16.6. The smallest absolute Gasteiger partial charge is 0.142 e. The molecule has 0 heterocycles. The fourth-order valence-corrected chi connectivity index (χ4v) is 3.15. The average Bonchev–Trinajstić information content (AvgIpc) is 2.59. The van der Waals surface area contributed by atoms with Gasteiger partial charge in [-0.2, -0.15) is 0 Å². The third kappa shape index (κ3) is 4.63. The number of hydrogen-bond acceptors (Lipinski definition) is 2. The maximum Gasteiger partial charge on any atom is 0.142 e. The molecule has 2 aromatic carbocycles. The van der Waals surface area contributed by atoms with E-state index in [0.29, 0.717) is 11.5 Å². The summed E-state index contributed by atoms with van der Waals surface area (Å²) in [5.41, 5.74) is 2.59. The van der Waals surface area contributed by atoms with E-state index in [2.05, 4.69) is 23.5 Å². The molecule has 1 aliphatic carbocycles. The molecular formula is C20H20F2NO. The van der Waals surface area contributed by atoms with Crippen molar-refractivity contribution >= 4 is 6.21 Å². The molecule has 0 N–H and O–H groups in total. The molecule has 2 aromatic rings. The SMILES string of the molecule is Fc1cc(F)cc(CO/N=[C]\c2ccc(C3CCCCC3)cc2)c1. The van der Waals surface area contributed by atoms with E-state index in [1.807, 2.05) is 12.1 Å². The van der Waals surface area contributed by atoms with Gasteiger partial charge in [0.05, 0.1) is 0 Å². The van der Waals surface area contributed by atoms with E-state index >= 15 is 0 Å². The van der Waals surface area contributed by atoms with Gasteiger partial charge in [0.1, 0.15) is 24.5 Å². The summed E-state index contributed by atoms with van der Waals surface area (Å²) in [6.45, 7) is 0.00182. The molecule has 0 amide bonds. The van der Waals surface area contributed by atoms with Crippen molar-refractivity contribution in [2.75, 3.05) is 0 Å². The Morgan fingerprint density at radius 3 is 2.29 bits per heavy atom. The van der Waals surface area contributed by atoms with Crippen LogP contribution in [0.2, 0.25) is 0 Å². The van der Waals surface area contributed by atoms with Gasteiger partial charge in [0, 0.05) is 11.6 Å². The maximum absolute atomic E-state index is 13.1. The molecule has 0 saturated heterocycles. The average molecular weight is 328 g/mol. The monoisotopic (exact) mass is 328 g/mol. The Bertz CT molecular complexity index is 671. The van der Waals surface area contributed by atoms with Gasteiger partial charge in [-0.3, -0.25) is 0 Å². The fraction of sp³-hybridized carbons (Fsp3) is 0.350. The molecule has 0 aliphatic heterocycles. The summed E-state index contributed by atoms with van der Waals surface area (Å²) in [5.74, 6) is -0.580. The van der Waals surface area contributed by atoms with Crippen LogP contribution in [-0.2, 0) is 11.4 Å². The van der Waals surface area contributed by atoms with Crippen molar-refractivity contribution in [3.05, 3.63) is 70.8 Å². The normalized spacial score (nSPS) is 15.8. The topological polar surface area (TPSA) is 21.6 Å². The lowest BCUT2D eigenvalue weighted by Gasteiger charge is -2.21. The van der Waals surface area contributed by atoms with Gasteiger partial charge in [0.25, 0.3) is 0 Å². The van der Waals surface area contributed by atoms with Crippen LogP contribution in [0.4, 0.5) is 8.78 Å². The van der Waals surface area contributed by atoms with E-state index in [4.69, 9.17) is 4.84 Å². The lowest BCUT2D eigenvalue weighted by atomic mass is 9.84. The molecule has 125 valence electrons. The number of benzene rings is 2. The van der Waals surface area contributed by atoms with Crippen LogP contribution < -0.4 is 0 Å². The minimum Gasteiger partial charge on any atom is -0.390 e. The number of halogens is 2. The lowest BCUT2D eigenvalue weighted by molar-refractivity contribution is 0.131. The predicted molar refractivity (Wildman–Crippen MR) is 90.0 cm³/mol. The zero-order valence-corrected chi connectivity index (χ0v) is 13.5. The van der Waals surface area contributed by atoms with Crippen LogP contribution in [0.5, 0.6) is 0 Å². The van der Waals surface area contributed by atoms with Crippen molar-refractivity contribution in [3.63, 3.8) is 0 Å². The second-order valence-corrected chi connectivity index (χ2v) is 6.21. The predicted octanol–water partition coefficient (Wildman–Crippen LogP) is 5.44. The molecule has 4 heteroatoms. The van der Waals surface area contributed by atoms with Crippen LogP contribution in [0.25, 0.3) is 0 Å². The second kappa shape index (κ2) is 8.04. The van der Waals surface area contributed by atoms with E-state index in [1.54, 1.807) is 0 Å². The molecule has 1 aliphatic rings. The van der Waals surface area contributed by atoms with Crippen molar-refractivity contribution in [2.45, 2.75) is 44.6 Å². The van der Waals surface area contributed by atoms with Crippen LogP contribution in [0, 0.1) is 11.6 Å². The molecule has 0 spiro atoms. The molecule has 1 saturated carbocycles. The minimum absolute atomic E-state index is 0.00182. The molecule has 1 fully saturated rings. The molecule has 0 atom stereocenters. The van der Waals surface area contributed by atoms with Crippen molar-refractivity contribution < 1.29 is 13.6 Å². The van der Waals surface area contributed by atoms with E-state index < -0.39 is 11.6 Å². The third-order valence-electron chi connectivity index (χ3n) is 4.38. The van der Waals surface area contributed by atoms with Crippen molar-refractivity contribution in [1.82, 2.24) is 0 Å². The van der Waals surface area contributed by atoms with E-state index in [1.165, 1.54) is 49.8 Å². The van der Waals surface area contributed by atoms with Crippen LogP contribution >= 0.6 is 0 Å². The number of nitrogens with zero attached hydrogens (tertiary/aromatic N) is 1. The van der Waals surface area contributed by atoms with Gasteiger partial charge in [-0.15, -0.1) is 0 Å². The summed E-state index contributed by atoms with van der Waals surface area (Å²) in [6, 6.07) is 11.4. The van der Waals surface area contributed by atoms with Crippen molar-refractivity contribution in [1.29, 1.82) is 0 Å². The lowest BCUT2D eigenvalue weighted by Crippen LogP contribution is -2.04. The van der Waals surface area contributed by atoms with E-state index in [9.17, 15) is 8.78 Å². The molecule has 2 nitrogen and oxygen atoms in total. The standard InChI is InChI=1S/C20H20F2NO/c21-19-10-16(11-20(22)12-19)14-24-23-13-15-6-8-18(9-7-15)17-4-2-1-3-5-17/h6-12,17H,1-5,14H2. The largest absolute Gasteiger partial charge is 0.390 e. The fourth-order valence-electron chi connectivity index (χ4n) is 3.15. The first-order valence-corrected chi connectivity index (χ1v) is 8.33. The summed E-state index contributed by atoms with van der Waals surface area (Å²) in [4.78, 5) is 5.06. The first-order chi connectivity index (χ1) is 11.7. The third-order valence-corrected chi connectivity index (χ3v) is 4.38. The molecule has 1 radical (unpaired) electrons. The Morgan fingerprint density at radius 1 is 0.958 bits per heavy atom. The molecule has 24 heavy (non-hydrogen) atoms. The van der Waals surface area contributed by atoms with Crippen LogP contribution in [0.15, 0.2) is 47.6 Å². The Morgan fingerprint density at radius 2 is 1.62 bits per heavy atom. The van der Waals surface area contributed by atoms with E-state index in [0.717, 1.165) is 11.6 Å². The van der Waals surface area contributed by atoms with Gasteiger partial charge in [0.15, 0.2) is 0 Å². The highest BCUT2D eigenvalue weighted by Crippen LogP contribution is 2.32. The van der Waals surface area contributed by atoms with Crippen molar-refractivity contribution in [2.24, 2.45) is 5.16 Å². The van der Waals surface area contributed by atoms with Crippen LogP contribution in [0.1, 0.15) is 54.7 Å². The summed E-state index contributed by atoms with van der Waals surface area (Å²) in [6.07, 6.45) is 9.30. The van der Waals surface area contributed by atoms with Gasteiger partial charge >= 0.3 is 0 Å². The Balaban J connectivity index is 1.52. The maximum atomic E-state index is 13.1. The van der Waals surface area contributed by atoms with Crippen molar-refractivity contribution in [3.8, 4) is 0 Å². The molecule has 0 unspecified atom stereocenters. The molecular weight excluding hydrogens is 308 g/mol. The van der Waals surface area contributed by atoms with Gasteiger partial charge in [-0.25, -0.2) is 8.78 Å². The van der Waals surface area contributed by atoms with E-state index in [-0.39, 0.29) is 6.61 Å². The minimum atomic E-state index is -0.625. The first-order valence-electron chi connectivity index (χ1n) is 8.33.